The van der Waals surface area contributed by atoms with Gasteiger partial charge in [0.1, 0.15) is 6.54 Å². The van der Waals surface area contributed by atoms with Crippen LogP contribution in [0.5, 0.6) is 0 Å². The van der Waals surface area contributed by atoms with Gasteiger partial charge in [0, 0.05) is 26.0 Å². The molecule has 0 bridgehead atoms. The lowest BCUT2D eigenvalue weighted by molar-refractivity contribution is -0.123. The molecule has 0 aliphatic heterocycles. The van der Waals surface area contributed by atoms with Gasteiger partial charge in [-0.3, -0.25) is 4.98 Å². The summed E-state index contributed by atoms with van der Waals surface area (Å²) in [5.41, 5.74) is 0.973. The molecule has 0 radical (unpaired) electrons. The van der Waals surface area contributed by atoms with E-state index in [1.54, 1.807) is 24.5 Å². The van der Waals surface area contributed by atoms with Crippen LogP contribution in [-0.2, 0) is 6.42 Å². The molecular weight excluding hydrogens is 247 g/mol. The maximum atomic E-state index is 11.9. The van der Waals surface area contributed by atoms with Crippen molar-refractivity contribution in [3.8, 4) is 0 Å². The Kier molecular flexibility index (Phi) is 4.94. The number of nitrogens with one attached hydrogen (secondary N) is 1. The molecule has 0 aromatic carbocycles. The van der Waals surface area contributed by atoms with E-state index in [1.807, 2.05) is 5.32 Å². The summed E-state index contributed by atoms with van der Waals surface area (Å²) in [5.74, 6) is 0. The Bertz CT molecular complexity index is 381. The number of halogens is 3. The number of urea groups is 1. The van der Waals surface area contributed by atoms with Crippen molar-refractivity contribution < 1.29 is 18.0 Å². The Hall–Kier alpha value is -1.79. The monoisotopic (exact) mass is 261 g/mol. The van der Waals surface area contributed by atoms with Crippen LogP contribution in [0, 0.1) is 0 Å². The van der Waals surface area contributed by atoms with Crippen LogP contribution < -0.4 is 5.32 Å². The van der Waals surface area contributed by atoms with Crippen molar-refractivity contribution in [1.82, 2.24) is 15.2 Å². The highest BCUT2D eigenvalue weighted by Crippen LogP contribution is 2.12. The van der Waals surface area contributed by atoms with E-state index in [2.05, 4.69) is 4.98 Å². The Morgan fingerprint density at radius 2 is 2.00 bits per heavy atom. The fourth-order valence-corrected chi connectivity index (χ4v) is 1.26. The van der Waals surface area contributed by atoms with Crippen molar-refractivity contribution in [2.75, 3.05) is 20.1 Å². The third-order valence-electron chi connectivity index (χ3n) is 2.27. The second-order valence-corrected chi connectivity index (χ2v) is 3.80. The second kappa shape index (κ2) is 6.23. The van der Waals surface area contributed by atoms with E-state index >= 15 is 0 Å². The Morgan fingerprint density at radius 1 is 1.39 bits per heavy atom. The molecule has 1 aromatic rings. The predicted molar refractivity (Wildman–Crippen MR) is 60.0 cm³/mol. The molecule has 18 heavy (non-hydrogen) atoms. The molecule has 1 heterocycles. The zero-order valence-electron chi connectivity index (χ0n) is 9.87. The largest absolute Gasteiger partial charge is 0.405 e. The molecule has 1 aromatic heterocycles. The van der Waals surface area contributed by atoms with Crippen molar-refractivity contribution in [3.05, 3.63) is 30.1 Å². The number of hydrogen-bond donors (Lipinski definition) is 1. The highest BCUT2D eigenvalue weighted by atomic mass is 19.4. The summed E-state index contributed by atoms with van der Waals surface area (Å²) in [4.78, 5) is 16.4. The van der Waals surface area contributed by atoms with Gasteiger partial charge in [-0.1, -0.05) is 0 Å². The number of carbonyl (C=O) groups excluding carboxylic acids is 1. The summed E-state index contributed by atoms with van der Waals surface area (Å²) in [7, 11) is 1.45. The van der Waals surface area contributed by atoms with Crippen molar-refractivity contribution in [2.24, 2.45) is 0 Å². The summed E-state index contributed by atoms with van der Waals surface area (Å²) in [6, 6.07) is 2.85. The van der Waals surface area contributed by atoms with E-state index < -0.39 is 18.8 Å². The Balaban J connectivity index is 2.32. The normalized spacial score (nSPS) is 11.1. The number of hydrogen-bond acceptors (Lipinski definition) is 2. The van der Waals surface area contributed by atoms with Crippen molar-refractivity contribution in [1.29, 1.82) is 0 Å². The van der Waals surface area contributed by atoms with Crippen LogP contribution in [0.25, 0.3) is 0 Å². The van der Waals surface area contributed by atoms with E-state index in [9.17, 15) is 18.0 Å². The van der Waals surface area contributed by atoms with Gasteiger partial charge in [0.25, 0.3) is 0 Å². The highest BCUT2D eigenvalue weighted by molar-refractivity contribution is 5.73. The molecule has 0 unspecified atom stereocenters. The topological polar surface area (TPSA) is 45.2 Å². The number of amides is 2. The highest BCUT2D eigenvalue weighted by Gasteiger charge is 2.28. The molecule has 0 atom stereocenters. The van der Waals surface area contributed by atoms with E-state index in [-0.39, 0.29) is 0 Å². The molecular formula is C11H14F3N3O. The Labute approximate surface area is 103 Å². The van der Waals surface area contributed by atoms with Gasteiger partial charge in [-0.25, -0.2) is 4.79 Å². The first kappa shape index (κ1) is 14.3. The molecule has 1 N–H and O–H groups in total. The number of likely N-dealkylation sites (N-methyl/N-ethyl adjacent to an activating group) is 1. The molecule has 0 spiro atoms. The number of rotatable bonds is 4. The van der Waals surface area contributed by atoms with Crippen LogP contribution in [0.1, 0.15) is 5.56 Å². The first-order valence-electron chi connectivity index (χ1n) is 5.33. The maximum Gasteiger partial charge on any atom is 0.405 e. The van der Waals surface area contributed by atoms with Crippen LogP contribution in [0.3, 0.4) is 0 Å². The van der Waals surface area contributed by atoms with Crippen LogP contribution in [0.4, 0.5) is 18.0 Å². The zero-order valence-corrected chi connectivity index (χ0v) is 9.87. The molecule has 1 rings (SSSR count). The van der Waals surface area contributed by atoms with E-state index in [4.69, 9.17) is 0 Å². The Morgan fingerprint density at radius 3 is 2.56 bits per heavy atom. The quantitative estimate of drug-likeness (QED) is 0.898. The third-order valence-corrected chi connectivity index (χ3v) is 2.27. The standard InChI is InChI=1S/C11H14F3N3O/c1-17(10(18)16-8-11(12,13)14)7-4-9-2-5-15-6-3-9/h2-3,5-6H,4,7-8H2,1H3,(H,16,18). The first-order valence-corrected chi connectivity index (χ1v) is 5.33. The van der Waals surface area contributed by atoms with Crippen LogP contribution in [0.2, 0.25) is 0 Å². The summed E-state index contributed by atoms with van der Waals surface area (Å²) >= 11 is 0. The van der Waals surface area contributed by atoms with Crippen molar-refractivity contribution >= 4 is 6.03 Å². The van der Waals surface area contributed by atoms with Crippen LogP contribution >= 0.6 is 0 Å². The molecule has 2 amide bonds. The van der Waals surface area contributed by atoms with Gasteiger partial charge in [0.15, 0.2) is 0 Å². The summed E-state index contributed by atoms with van der Waals surface area (Å²) < 4.78 is 35.7. The lowest BCUT2D eigenvalue weighted by Gasteiger charge is -2.18. The van der Waals surface area contributed by atoms with Crippen LogP contribution in [-0.4, -0.2) is 42.2 Å². The van der Waals surface area contributed by atoms with E-state index in [0.29, 0.717) is 13.0 Å². The number of nitrogens with zero attached hydrogens (tertiary/aromatic N) is 2. The van der Waals surface area contributed by atoms with Gasteiger partial charge in [-0.15, -0.1) is 0 Å². The molecule has 0 saturated heterocycles. The van der Waals surface area contributed by atoms with Gasteiger partial charge in [0.05, 0.1) is 0 Å². The minimum atomic E-state index is -4.39. The van der Waals surface area contributed by atoms with Gasteiger partial charge < -0.3 is 10.2 Å². The third kappa shape index (κ3) is 5.51. The zero-order chi connectivity index (χ0) is 13.6. The lowest BCUT2D eigenvalue weighted by atomic mass is 10.2. The minimum absolute atomic E-state index is 0.341. The van der Waals surface area contributed by atoms with Gasteiger partial charge >= 0.3 is 12.2 Å². The SMILES string of the molecule is CN(CCc1ccncc1)C(=O)NCC(F)(F)F. The van der Waals surface area contributed by atoms with Crippen LogP contribution in [0.15, 0.2) is 24.5 Å². The van der Waals surface area contributed by atoms with E-state index in [1.165, 1.54) is 11.9 Å². The predicted octanol–water partition coefficient (Wildman–Crippen LogP) is 1.83. The molecule has 0 aliphatic carbocycles. The molecule has 4 nitrogen and oxygen atoms in total. The maximum absolute atomic E-state index is 11.9. The molecule has 0 fully saturated rings. The average Bonchev–Trinajstić information content (AvgIpc) is 2.33. The fraction of sp³-hybridized carbons (Fsp3) is 0.455. The lowest BCUT2D eigenvalue weighted by Crippen LogP contribution is -2.42. The van der Waals surface area contributed by atoms with E-state index in [0.717, 1.165) is 5.56 Å². The number of aromatic nitrogens is 1. The van der Waals surface area contributed by atoms with Gasteiger partial charge in [-0.05, 0) is 24.1 Å². The minimum Gasteiger partial charge on any atom is -0.329 e. The van der Waals surface area contributed by atoms with Crippen molar-refractivity contribution in [2.45, 2.75) is 12.6 Å². The van der Waals surface area contributed by atoms with Crippen molar-refractivity contribution in [3.63, 3.8) is 0 Å². The number of carbonyl (C=O) groups is 1. The molecule has 0 saturated carbocycles. The smallest absolute Gasteiger partial charge is 0.329 e. The average molecular weight is 261 g/mol. The molecule has 100 valence electrons. The molecule has 7 heteroatoms. The first-order chi connectivity index (χ1) is 8.38. The summed E-state index contributed by atoms with van der Waals surface area (Å²) in [6.07, 6.45) is -0.571. The van der Waals surface area contributed by atoms with Gasteiger partial charge in [0.2, 0.25) is 0 Å². The number of alkyl halides is 3. The van der Waals surface area contributed by atoms with Gasteiger partial charge in [-0.2, -0.15) is 13.2 Å². The number of pyridine rings is 1. The summed E-state index contributed by atoms with van der Waals surface area (Å²) in [6.45, 7) is -0.973. The second-order valence-electron chi connectivity index (χ2n) is 3.80. The summed E-state index contributed by atoms with van der Waals surface area (Å²) in [5, 5.41) is 1.81. The molecule has 0 aliphatic rings. The fourth-order valence-electron chi connectivity index (χ4n) is 1.26.